The molecule has 0 fully saturated rings. The Kier molecular flexibility index (Phi) is 8.33. The first kappa shape index (κ1) is 26.8. The van der Waals surface area contributed by atoms with Gasteiger partial charge in [-0.2, -0.15) is 0 Å². The zero-order valence-corrected chi connectivity index (χ0v) is 22.3. The van der Waals surface area contributed by atoms with E-state index in [0.29, 0.717) is 5.75 Å². The van der Waals surface area contributed by atoms with Crippen molar-refractivity contribution in [3.05, 3.63) is 120 Å². The van der Waals surface area contributed by atoms with Crippen LogP contribution in [0.2, 0.25) is 0 Å². The van der Waals surface area contributed by atoms with E-state index in [2.05, 4.69) is 5.32 Å². The summed E-state index contributed by atoms with van der Waals surface area (Å²) in [6.07, 6.45) is 0. The van der Waals surface area contributed by atoms with Gasteiger partial charge in [0.25, 0.3) is 10.0 Å². The fraction of sp³-hybridized carbons (Fsp3) is 0.167. The third-order valence-corrected chi connectivity index (χ3v) is 7.86. The molecule has 0 aliphatic rings. The smallest absolute Gasteiger partial charge is 0.264 e. The molecule has 1 amide bonds. The van der Waals surface area contributed by atoms with E-state index >= 15 is 0 Å². The van der Waals surface area contributed by atoms with Crippen molar-refractivity contribution in [2.45, 2.75) is 17.9 Å². The van der Waals surface area contributed by atoms with Gasteiger partial charge in [0.1, 0.15) is 18.0 Å². The molecule has 0 heterocycles. The number of rotatable bonds is 10. The summed E-state index contributed by atoms with van der Waals surface area (Å²) < 4.78 is 39.6. The molecule has 1 unspecified atom stereocenters. The molecule has 4 aromatic carbocycles. The number of nitrogens with zero attached hydrogens (tertiary/aromatic N) is 1. The molecule has 7 nitrogen and oxygen atoms in total. The number of methoxy groups -OCH3 is 2. The number of ether oxygens (including phenoxy) is 2. The maximum atomic E-state index is 13.9. The normalized spacial score (nSPS) is 11.9. The van der Waals surface area contributed by atoms with Crippen LogP contribution >= 0.6 is 0 Å². The van der Waals surface area contributed by atoms with Crippen LogP contribution in [0.15, 0.2) is 108 Å². The topological polar surface area (TPSA) is 84.9 Å². The predicted octanol–water partition coefficient (Wildman–Crippen LogP) is 5.11. The van der Waals surface area contributed by atoms with Crippen molar-refractivity contribution in [3.63, 3.8) is 0 Å². The third-order valence-electron chi connectivity index (χ3n) is 6.09. The van der Waals surface area contributed by atoms with Gasteiger partial charge in [0.15, 0.2) is 0 Å². The number of carbonyl (C=O) groups is 1. The highest BCUT2D eigenvalue weighted by Gasteiger charge is 2.31. The van der Waals surface area contributed by atoms with Crippen LogP contribution in [0, 0.1) is 6.92 Å². The maximum absolute atomic E-state index is 13.9. The molecule has 0 aromatic heterocycles. The molecule has 8 heteroatoms. The van der Waals surface area contributed by atoms with Crippen molar-refractivity contribution in [1.82, 2.24) is 5.32 Å². The van der Waals surface area contributed by atoms with E-state index in [-0.39, 0.29) is 16.3 Å². The molecule has 0 saturated heterocycles. The summed E-state index contributed by atoms with van der Waals surface area (Å²) in [5, 5.41) is 3.05. The molecule has 0 aliphatic carbocycles. The number of aryl methyl sites for hydroxylation is 1. The fourth-order valence-corrected chi connectivity index (χ4v) is 5.65. The Bertz CT molecular complexity index is 1490. The molecule has 4 aromatic rings. The number of carbonyl (C=O) groups excluding carboxylic acids is 1. The van der Waals surface area contributed by atoms with Crippen molar-refractivity contribution in [1.29, 1.82) is 0 Å². The molecule has 0 spiro atoms. The van der Waals surface area contributed by atoms with E-state index in [1.807, 2.05) is 61.5 Å². The van der Waals surface area contributed by atoms with Gasteiger partial charge in [-0.3, -0.25) is 9.10 Å². The number of nitrogens with one attached hydrogen (secondary N) is 1. The van der Waals surface area contributed by atoms with E-state index < -0.39 is 28.5 Å². The van der Waals surface area contributed by atoms with Crippen molar-refractivity contribution >= 4 is 21.6 Å². The second-order valence-electron chi connectivity index (χ2n) is 8.69. The number of benzene rings is 4. The van der Waals surface area contributed by atoms with Crippen LogP contribution in [0.5, 0.6) is 11.5 Å². The average Bonchev–Trinajstić information content (AvgIpc) is 2.95. The van der Waals surface area contributed by atoms with Crippen LogP contribution in [0.3, 0.4) is 0 Å². The van der Waals surface area contributed by atoms with E-state index in [0.717, 1.165) is 21.0 Å². The lowest BCUT2D eigenvalue weighted by atomic mass is 9.97. The molecular formula is C30H30N2O5S. The highest BCUT2D eigenvalue weighted by molar-refractivity contribution is 7.92. The highest BCUT2D eigenvalue weighted by Crippen LogP contribution is 2.35. The fourth-order valence-electron chi connectivity index (χ4n) is 4.20. The predicted molar refractivity (Wildman–Crippen MR) is 148 cm³/mol. The minimum Gasteiger partial charge on any atom is -0.497 e. The Balaban J connectivity index is 1.75. The van der Waals surface area contributed by atoms with Gasteiger partial charge in [0.2, 0.25) is 5.91 Å². The van der Waals surface area contributed by atoms with Crippen LogP contribution in [0.1, 0.15) is 22.7 Å². The number of hydrogen-bond acceptors (Lipinski definition) is 5. The van der Waals surface area contributed by atoms with Gasteiger partial charge in [-0.15, -0.1) is 0 Å². The first-order valence-electron chi connectivity index (χ1n) is 12.0. The lowest BCUT2D eigenvalue weighted by Crippen LogP contribution is -2.42. The van der Waals surface area contributed by atoms with Crippen LogP contribution in [-0.4, -0.2) is 35.1 Å². The molecule has 1 N–H and O–H groups in total. The molecule has 0 saturated carbocycles. The molecule has 0 aliphatic heterocycles. The minimum absolute atomic E-state index is 0.0518. The molecule has 0 radical (unpaired) electrons. The minimum atomic E-state index is -4.14. The molecular weight excluding hydrogens is 500 g/mol. The number of sulfonamides is 1. The molecule has 0 bridgehead atoms. The zero-order valence-electron chi connectivity index (χ0n) is 21.5. The Labute approximate surface area is 223 Å². The Morgan fingerprint density at radius 3 is 2.11 bits per heavy atom. The number of hydrogen-bond donors (Lipinski definition) is 1. The average molecular weight is 531 g/mol. The SMILES string of the molecule is COc1ccc(OC)c(N(CC(=O)NC(c2ccccc2)c2cccc(C)c2)S(=O)(=O)c2ccccc2)c1. The van der Waals surface area contributed by atoms with Crippen molar-refractivity contribution in [2.24, 2.45) is 0 Å². The zero-order chi connectivity index (χ0) is 27.1. The summed E-state index contributed by atoms with van der Waals surface area (Å²) in [6.45, 7) is 1.51. The van der Waals surface area contributed by atoms with Crippen molar-refractivity contribution in [3.8, 4) is 11.5 Å². The summed E-state index contributed by atoms with van der Waals surface area (Å²) in [4.78, 5) is 13.7. The van der Waals surface area contributed by atoms with E-state index in [4.69, 9.17) is 9.47 Å². The van der Waals surface area contributed by atoms with Crippen LogP contribution < -0.4 is 19.1 Å². The lowest BCUT2D eigenvalue weighted by Gasteiger charge is -2.27. The van der Waals surface area contributed by atoms with E-state index in [9.17, 15) is 13.2 Å². The second-order valence-corrected chi connectivity index (χ2v) is 10.6. The van der Waals surface area contributed by atoms with Gasteiger partial charge in [-0.25, -0.2) is 8.42 Å². The van der Waals surface area contributed by atoms with Gasteiger partial charge >= 0.3 is 0 Å². The van der Waals surface area contributed by atoms with Crippen LogP contribution in [0.25, 0.3) is 0 Å². The van der Waals surface area contributed by atoms with E-state index in [1.54, 1.807) is 36.4 Å². The monoisotopic (exact) mass is 530 g/mol. The van der Waals surface area contributed by atoms with E-state index in [1.165, 1.54) is 26.4 Å². The largest absolute Gasteiger partial charge is 0.497 e. The van der Waals surface area contributed by atoms with Gasteiger partial charge in [0, 0.05) is 6.07 Å². The Morgan fingerprint density at radius 1 is 0.816 bits per heavy atom. The summed E-state index contributed by atoms with van der Waals surface area (Å²) in [6, 6.07) is 29.7. The first-order chi connectivity index (χ1) is 18.3. The molecule has 196 valence electrons. The third kappa shape index (κ3) is 5.98. The van der Waals surface area contributed by atoms with Gasteiger partial charge in [0.05, 0.1) is 30.8 Å². The van der Waals surface area contributed by atoms with Crippen LogP contribution in [-0.2, 0) is 14.8 Å². The molecule has 1 atom stereocenters. The highest BCUT2D eigenvalue weighted by atomic mass is 32.2. The summed E-state index contributed by atoms with van der Waals surface area (Å²) in [5.41, 5.74) is 3.01. The van der Waals surface area contributed by atoms with Gasteiger partial charge in [-0.05, 0) is 42.3 Å². The first-order valence-corrected chi connectivity index (χ1v) is 13.5. The molecule has 4 rings (SSSR count). The van der Waals surface area contributed by atoms with Gasteiger partial charge < -0.3 is 14.8 Å². The second kappa shape index (κ2) is 11.8. The Morgan fingerprint density at radius 2 is 1.47 bits per heavy atom. The summed E-state index contributed by atoms with van der Waals surface area (Å²) in [5.74, 6) is 0.234. The quantitative estimate of drug-likeness (QED) is 0.308. The van der Waals surface area contributed by atoms with Gasteiger partial charge in [-0.1, -0.05) is 78.4 Å². The Hall–Kier alpha value is -4.30. The van der Waals surface area contributed by atoms with Crippen molar-refractivity contribution < 1.29 is 22.7 Å². The van der Waals surface area contributed by atoms with Crippen LogP contribution in [0.4, 0.5) is 5.69 Å². The van der Waals surface area contributed by atoms with Crippen molar-refractivity contribution in [2.75, 3.05) is 25.1 Å². The maximum Gasteiger partial charge on any atom is 0.264 e. The summed E-state index contributed by atoms with van der Waals surface area (Å²) in [7, 11) is -1.21. The molecule has 38 heavy (non-hydrogen) atoms. The number of anilines is 1. The lowest BCUT2D eigenvalue weighted by molar-refractivity contribution is -0.120. The standard InChI is InChI=1S/C30H30N2O5S/c1-22-11-10-14-24(19-22)30(23-12-6-4-7-13-23)31-29(33)21-32(38(34,35)26-15-8-5-9-16-26)27-20-25(36-2)17-18-28(27)37-3/h4-20,30H,21H2,1-3H3,(H,31,33). The number of amides is 1. The summed E-state index contributed by atoms with van der Waals surface area (Å²) >= 11 is 0.